The maximum Gasteiger partial charge on any atom is 0.122 e. The van der Waals surface area contributed by atoms with Gasteiger partial charge in [-0.1, -0.05) is 66.2 Å². The SMILES string of the molecule is Cc1cccc(C2(O)CCc3ccccc3OCCOCCOc3ccccc3CC2)c1. The molecule has 0 atom stereocenters. The van der Waals surface area contributed by atoms with Gasteiger partial charge in [-0.25, -0.2) is 0 Å². The summed E-state index contributed by atoms with van der Waals surface area (Å²) in [5, 5.41) is 11.9. The molecule has 4 rings (SSSR count). The van der Waals surface area contributed by atoms with Gasteiger partial charge in [0.15, 0.2) is 0 Å². The number of aliphatic hydroxyl groups is 1. The highest BCUT2D eigenvalue weighted by atomic mass is 16.5. The molecule has 1 heterocycles. The average molecular weight is 433 g/mol. The molecule has 0 unspecified atom stereocenters. The molecule has 1 aliphatic heterocycles. The minimum absolute atomic E-state index is 0.482. The number of para-hydroxylation sites is 2. The molecule has 32 heavy (non-hydrogen) atoms. The van der Waals surface area contributed by atoms with Gasteiger partial charge in [0.05, 0.1) is 18.8 Å². The normalized spacial score (nSPS) is 17.3. The first-order valence-electron chi connectivity index (χ1n) is 11.4. The molecule has 0 saturated heterocycles. The summed E-state index contributed by atoms with van der Waals surface area (Å²) in [6.45, 7) is 4.04. The van der Waals surface area contributed by atoms with Gasteiger partial charge in [0.1, 0.15) is 24.7 Å². The summed E-state index contributed by atoms with van der Waals surface area (Å²) >= 11 is 0. The lowest BCUT2D eigenvalue weighted by atomic mass is 9.82. The van der Waals surface area contributed by atoms with E-state index in [9.17, 15) is 5.11 Å². The first-order valence-corrected chi connectivity index (χ1v) is 11.4. The van der Waals surface area contributed by atoms with Crippen molar-refractivity contribution in [2.24, 2.45) is 0 Å². The molecular weight excluding hydrogens is 400 g/mol. The molecule has 1 N–H and O–H groups in total. The first kappa shape index (κ1) is 22.4. The van der Waals surface area contributed by atoms with Crippen molar-refractivity contribution in [2.75, 3.05) is 26.4 Å². The smallest absolute Gasteiger partial charge is 0.122 e. The van der Waals surface area contributed by atoms with Gasteiger partial charge < -0.3 is 19.3 Å². The first-order chi connectivity index (χ1) is 15.6. The molecule has 168 valence electrons. The zero-order chi connectivity index (χ0) is 22.2. The van der Waals surface area contributed by atoms with Crippen LogP contribution in [0.2, 0.25) is 0 Å². The van der Waals surface area contributed by atoms with E-state index >= 15 is 0 Å². The number of rotatable bonds is 1. The Morgan fingerprint density at radius 2 is 1.25 bits per heavy atom. The molecule has 0 spiro atoms. The quantitative estimate of drug-likeness (QED) is 0.572. The Hall–Kier alpha value is -2.82. The van der Waals surface area contributed by atoms with Crippen molar-refractivity contribution < 1.29 is 19.3 Å². The third-order valence-corrected chi connectivity index (χ3v) is 6.09. The second-order valence-corrected chi connectivity index (χ2v) is 8.43. The number of fused-ring (bicyclic) bond motifs is 2. The van der Waals surface area contributed by atoms with Crippen molar-refractivity contribution in [1.29, 1.82) is 0 Å². The monoisotopic (exact) mass is 432 g/mol. The zero-order valence-corrected chi connectivity index (χ0v) is 18.8. The van der Waals surface area contributed by atoms with Crippen molar-refractivity contribution in [3.8, 4) is 11.5 Å². The Labute approximate surface area is 190 Å². The molecule has 0 fully saturated rings. The van der Waals surface area contributed by atoms with Gasteiger partial charge >= 0.3 is 0 Å². The predicted octanol–water partition coefficient (Wildman–Crippen LogP) is 5.24. The standard InChI is InChI=1S/C28H32O4/c1-22-7-6-10-25(21-22)28(29)15-13-23-8-2-4-11-26(23)31-19-17-30-18-20-32-27-12-5-3-9-24(27)14-16-28/h2-12,21,29H,13-20H2,1H3. The Kier molecular flexibility index (Phi) is 7.46. The summed E-state index contributed by atoms with van der Waals surface area (Å²) in [4.78, 5) is 0. The number of hydrogen-bond acceptors (Lipinski definition) is 4. The minimum atomic E-state index is -0.952. The molecule has 0 amide bonds. The van der Waals surface area contributed by atoms with Crippen LogP contribution in [-0.4, -0.2) is 31.5 Å². The van der Waals surface area contributed by atoms with Crippen LogP contribution in [-0.2, 0) is 23.2 Å². The summed E-state index contributed by atoms with van der Waals surface area (Å²) in [7, 11) is 0. The van der Waals surface area contributed by atoms with E-state index in [1.165, 1.54) is 0 Å². The van der Waals surface area contributed by atoms with Gasteiger partial charge in [-0.2, -0.15) is 0 Å². The largest absolute Gasteiger partial charge is 0.491 e. The fourth-order valence-corrected chi connectivity index (χ4v) is 4.26. The highest BCUT2D eigenvalue weighted by molar-refractivity contribution is 5.36. The summed E-state index contributed by atoms with van der Waals surface area (Å²) in [5.74, 6) is 1.72. The minimum Gasteiger partial charge on any atom is -0.491 e. The van der Waals surface area contributed by atoms with E-state index in [0.717, 1.165) is 46.6 Å². The van der Waals surface area contributed by atoms with Crippen LogP contribution >= 0.6 is 0 Å². The van der Waals surface area contributed by atoms with E-state index in [1.54, 1.807) is 0 Å². The van der Waals surface area contributed by atoms with Crippen molar-refractivity contribution in [3.63, 3.8) is 0 Å². The molecule has 0 saturated carbocycles. The topological polar surface area (TPSA) is 47.9 Å². The third kappa shape index (κ3) is 5.70. The van der Waals surface area contributed by atoms with Crippen LogP contribution in [0.15, 0.2) is 72.8 Å². The Balaban J connectivity index is 1.65. The van der Waals surface area contributed by atoms with Crippen LogP contribution in [0.25, 0.3) is 0 Å². The molecule has 0 aromatic heterocycles. The summed E-state index contributed by atoms with van der Waals surface area (Å²) in [5.41, 5.74) is 3.37. The summed E-state index contributed by atoms with van der Waals surface area (Å²) in [6.07, 6.45) is 2.66. The van der Waals surface area contributed by atoms with Gasteiger partial charge in [0, 0.05) is 0 Å². The van der Waals surface area contributed by atoms with Gasteiger partial charge in [-0.05, 0) is 61.4 Å². The molecule has 0 aliphatic carbocycles. The third-order valence-electron chi connectivity index (χ3n) is 6.09. The summed E-state index contributed by atoms with van der Waals surface area (Å²) in [6, 6.07) is 24.4. The van der Waals surface area contributed by atoms with Gasteiger partial charge in [0.2, 0.25) is 0 Å². The van der Waals surface area contributed by atoms with E-state index in [4.69, 9.17) is 14.2 Å². The Bertz CT molecular complexity index is 958. The molecule has 1 aliphatic rings. The fraction of sp³-hybridized carbons (Fsp3) is 0.357. The van der Waals surface area contributed by atoms with Crippen LogP contribution < -0.4 is 9.47 Å². The van der Waals surface area contributed by atoms with Crippen molar-refractivity contribution >= 4 is 0 Å². The number of aryl methyl sites for hydroxylation is 3. The van der Waals surface area contributed by atoms with E-state index in [2.05, 4.69) is 31.2 Å². The second-order valence-electron chi connectivity index (χ2n) is 8.43. The maximum absolute atomic E-state index is 11.9. The molecule has 4 heteroatoms. The predicted molar refractivity (Wildman–Crippen MR) is 126 cm³/mol. The molecule has 4 nitrogen and oxygen atoms in total. The lowest BCUT2D eigenvalue weighted by molar-refractivity contribution is 0.0183. The number of ether oxygens (including phenoxy) is 3. The average Bonchev–Trinajstić information content (AvgIpc) is 2.81. The number of hydrogen-bond donors (Lipinski definition) is 1. The van der Waals surface area contributed by atoms with Gasteiger partial charge in [-0.15, -0.1) is 0 Å². The van der Waals surface area contributed by atoms with Crippen LogP contribution in [0.1, 0.15) is 35.1 Å². The van der Waals surface area contributed by atoms with E-state index in [1.807, 2.05) is 48.5 Å². The summed E-state index contributed by atoms with van der Waals surface area (Å²) < 4.78 is 17.7. The lowest BCUT2D eigenvalue weighted by Crippen LogP contribution is -2.28. The van der Waals surface area contributed by atoms with Crippen LogP contribution in [0.3, 0.4) is 0 Å². The van der Waals surface area contributed by atoms with E-state index < -0.39 is 5.60 Å². The van der Waals surface area contributed by atoms with E-state index in [0.29, 0.717) is 39.3 Å². The van der Waals surface area contributed by atoms with Crippen molar-refractivity contribution in [2.45, 2.75) is 38.2 Å². The van der Waals surface area contributed by atoms with Crippen LogP contribution in [0.4, 0.5) is 0 Å². The van der Waals surface area contributed by atoms with Crippen LogP contribution in [0.5, 0.6) is 11.5 Å². The van der Waals surface area contributed by atoms with Crippen molar-refractivity contribution in [1.82, 2.24) is 0 Å². The molecule has 0 bridgehead atoms. The van der Waals surface area contributed by atoms with Crippen molar-refractivity contribution in [3.05, 3.63) is 95.1 Å². The molecular formula is C28H32O4. The lowest BCUT2D eigenvalue weighted by Gasteiger charge is -2.30. The maximum atomic E-state index is 11.9. The Morgan fingerprint density at radius 1 is 0.688 bits per heavy atom. The van der Waals surface area contributed by atoms with Gasteiger partial charge in [-0.3, -0.25) is 0 Å². The fourth-order valence-electron chi connectivity index (χ4n) is 4.26. The zero-order valence-electron chi connectivity index (χ0n) is 18.8. The van der Waals surface area contributed by atoms with Crippen LogP contribution in [0, 0.1) is 6.92 Å². The van der Waals surface area contributed by atoms with E-state index in [-0.39, 0.29) is 0 Å². The second kappa shape index (κ2) is 10.7. The molecule has 3 aromatic carbocycles. The highest BCUT2D eigenvalue weighted by Gasteiger charge is 2.30. The number of benzene rings is 3. The molecule has 3 aromatic rings. The Morgan fingerprint density at radius 3 is 1.81 bits per heavy atom. The van der Waals surface area contributed by atoms with Gasteiger partial charge in [0.25, 0.3) is 0 Å². The molecule has 0 radical (unpaired) electrons. The highest BCUT2D eigenvalue weighted by Crippen LogP contribution is 2.35.